The number of hydrogen-bond donors (Lipinski definition) is 1. The largest absolute Gasteiger partial charge is 0.463 e. The van der Waals surface area contributed by atoms with Gasteiger partial charge in [0.05, 0.1) is 24.4 Å². The molecule has 4 bridgehead atoms. The Labute approximate surface area is 188 Å². The minimum absolute atomic E-state index is 0.251. The van der Waals surface area contributed by atoms with E-state index in [0.29, 0.717) is 11.4 Å². The molecule has 4 fully saturated rings. The van der Waals surface area contributed by atoms with Crippen molar-refractivity contribution in [3.8, 4) is 0 Å². The Balaban J connectivity index is 1.30. The Morgan fingerprint density at radius 1 is 1.12 bits per heavy atom. The van der Waals surface area contributed by atoms with Crippen molar-refractivity contribution in [3.63, 3.8) is 0 Å². The third-order valence-electron chi connectivity index (χ3n) is 7.42. The minimum Gasteiger partial charge on any atom is -0.463 e. The Bertz CT molecular complexity index is 1070. The first kappa shape index (κ1) is 21.2. The van der Waals surface area contributed by atoms with Gasteiger partial charge in [-0.15, -0.1) is 0 Å². The van der Waals surface area contributed by atoms with Crippen LogP contribution in [0.25, 0.3) is 0 Å². The molecule has 1 aromatic carbocycles. The van der Waals surface area contributed by atoms with Gasteiger partial charge in [0.2, 0.25) is 10.0 Å². The normalized spacial score (nSPS) is 28.8. The van der Waals surface area contributed by atoms with Crippen molar-refractivity contribution in [1.82, 2.24) is 5.43 Å². The smallest absolute Gasteiger partial charge is 0.260 e. The van der Waals surface area contributed by atoms with Crippen LogP contribution in [-0.2, 0) is 20.2 Å². The van der Waals surface area contributed by atoms with E-state index in [2.05, 4.69) is 22.7 Å². The summed E-state index contributed by atoms with van der Waals surface area (Å²) in [5, 5.41) is 3.82. The Kier molecular flexibility index (Phi) is 5.35. The molecule has 0 aliphatic heterocycles. The quantitative estimate of drug-likeness (QED) is 0.509. The molecule has 0 unspecified atom stereocenters. The van der Waals surface area contributed by atoms with Crippen LogP contribution in [0.2, 0.25) is 0 Å². The maximum Gasteiger partial charge on any atom is 0.260 e. The van der Waals surface area contributed by atoms with Crippen LogP contribution < -0.4 is 9.73 Å². The van der Waals surface area contributed by atoms with E-state index >= 15 is 0 Å². The number of furan rings is 1. The van der Waals surface area contributed by atoms with E-state index in [4.69, 9.17) is 4.42 Å². The van der Waals surface area contributed by atoms with Gasteiger partial charge in [0, 0.05) is 0 Å². The number of carbonyl (C=O) groups is 1. The standard InChI is InChI=1S/C24H29N3O4S/c1-32(29,30)27(16-23(28)26-25-15-22-3-2-8-31-22)21-6-4-20(5-7-21)24-12-17-9-18(13-24)11-19(10-17)14-24/h2-8,15,17-19H,9-14,16H2,1H3,(H,26,28)/b25-15-. The average Bonchev–Trinajstić information content (AvgIpc) is 3.24. The van der Waals surface area contributed by atoms with Crippen molar-refractivity contribution in [2.45, 2.75) is 43.9 Å². The van der Waals surface area contributed by atoms with Crippen molar-refractivity contribution in [3.05, 3.63) is 54.0 Å². The Hall–Kier alpha value is -2.61. The van der Waals surface area contributed by atoms with Crippen LogP contribution >= 0.6 is 0 Å². The average molecular weight is 456 g/mol. The highest BCUT2D eigenvalue weighted by molar-refractivity contribution is 7.92. The zero-order valence-electron chi connectivity index (χ0n) is 18.2. The fourth-order valence-corrected chi connectivity index (χ4v) is 7.40. The lowest BCUT2D eigenvalue weighted by Gasteiger charge is -2.57. The summed E-state index contributed by atoms with van der Waals surface area (Å²) in [5.74, 6) is 2.51. The maximum atomic E-state index is 12.4. The lowest BCUT2D eigenvalue weighted by molar-refractivity contribution is -0.119. The molecule has 4 saturated carbocycles. The SMILES string of the molecule is CS(=O)(=O)N(CC(=O)N/N=C\c1ccco1)c1ccc(C23CC4CC(CC(C4)C2)C3)cc1. The van der Waals surface area contributed by atoms with Crippen LogP contribution in [0, 0.1) is 17.8 Å². The van der Waals surface area contributed by atoms with Crippen molar-refractivity contribution in [1.29, 1.82) is 0 Å². The third kappa shape index (κ3) is 4.20. The number of nitrogens with zero attached hydrogens (tertiary/aromatic N) is 2. The predicted molar refractivity (Wildman–Crippen MR) is 123 cm³/mol. The number of hydrogen-bond acceptors (Lipinski definition) is 5. The number of hydrazone groups is 1. The van der Waals surface area contributed by atoms with E-state index < -0.39 is 15.9 Å². The van der Waals surface area contributed by atoms with Gasteiger partial charge in [-0.05, 0) is 91.5 Å². The molecule has 1 amide bonds. The van der Waals surface area contributed by atoms with Gasteiger partial charge in [-0.25, -0.2) is 13.8 Å². The Morgan fingerprint density at radius 3 is 2.28 bits per heavy atom. The lowest BCUT2D eigenvalue weighted by Crippen LogP contribution is -2.48. The van der Waals surface area contributed by atoms with Crippen molar-refractivity contribution in [2.75, 3.05) is 17.1 Å². The van der Waals surface area contributed by atoms with Crippen LogP contribution in [0.15, 0.2) is 52.2 Å². The van der Waals surface area contributed by atoms with Crippen molar-refractivity contribution in [2.24, 2.45) is 22.9 Å². The molecule has 2 aromatic rings. The van der Waals surface area contributed by atoms with Crippen LogP contribution in [0.1, 0.15) is 49.8 Å². The van der Waals surface area contributed by atoms with E-state index in [1.807, 2.05) is 12.1 Å². The van der Waals surface area contributed by atoms with Gasteiger partial charge in [-0.1, -0.05) is 12.1 Å². The van der Waals surface area contributed by atoms with E-state index in [-0.39, 0.29) is 12.0 Å². The molecule has 0 spiro atoms. The van der Waals surface area contributed by atoms with Crippen molar-refractivity contribution < 1.29 is 17.6 Å². The molecule has 0 atom stereocenters. The third-order valence-corrected chi connectivity index (χ3v) is 8.56. The predicted octanol–water partition coefficient (Wildman–Crippen LogP) is 3.66. The number of sulfonamides is 1. The topological polar surface area (TPSA) is 92.0 Å². The second kappa shape index (κ2) is 8.06. The highest BCUT2D eigenvalue weighted by Gasteiger charge is 2.51. The maximum absolute atomic E-state index is 12.4. The van der Waals surface area contributed by atoms with Gasteiger partial charge in [-0.3, -0.25) is 9.10 Å². The number of amides is 1. The molecular formula is C24H29N3O4S. The molecule has 32 heavy (non-hydrogen) atoms. The summed E-state index contributed by atoms with van der Waals surface area (Å²) in [7, 11) is -3.64. The second-order valence-corrected chi connectivity index (χ2v) is 11.7. The molecule has 1 heterocycles. The summed E-state index contributed by atoms with van der Waals surface area (Å²) in [6.07, 6.45) is 11.9. The molecule has 7 nitrogen and oxygen atoms in total. The number of carbonyl (C=O) groups excluding carboxylic acids is 1. The number of anilines is 1. The molecular weight excluding hydrogens is 426 g/mol. The van der Waals surface area contributed by atoms with Crippen molar-refractivity contribution >= 4 is 27.8 Å². The molecule has 6 rings (SSSR count). The first-order valence-electron chi connectivity index (χ1n) is 11.2. The van der Waals surface area contributed by atoms with E-state index in [1.54, 1.807) is 12.1 Å². The Morgan fingerprint density at radius 2 is 1.75 bits per heavy atom. The molecule has 1 aromatic heterocycles. The summed E-state index contributed by atoms with van der Waals surface area (Å²) < 4.78 is 31.1. The van der Waals surface area contributed by atoms with Gasteiger partial charge in [0.25, 0.3) is 5.91 Å². The highest BCUT2D eigenvalue weighted by atomic mass is 32.2. The van der Waals surface area contributed by atoms with E-state index in [1.165, 1.54) is 56.6 Å². The first-order valence-corrected chi connectivity index (χ1v) is 13.1. The number of benzene rings is 1. The van der Waals surface area contributed by atoms with Gasteiger partial charge < -0.3 is 4.42 Å². The van der Waals surface area contributed by atoms with Gasteiger partial charge in [0.1, 0.15) is 12.3 Å². The zero-order valence-corrected chi connectivity index (χ0v) is 19.1. The fourth-order valence-electron chi connectivity index (χ4n) is 6.54. The van der Waals surface area contributed by atoms with Gasteiger partial charge in [-0.2, -0.15) is 5.10 Å². The highest BCUT2D eigenvalue weighted by Crippen LogP contribution is 2.60. The summed E-state index contributed by atoms with van der Waals surface area (Å²) in [4.78, 5) is 12.3. The zero-order chi connectivity index (χ0) is 22.3. The monoisotopic (exact) mass is 455 g/mol. The van der Waals surface area contributed by atoms with Crippen LogP contribution in [0.4, 0.5) is 5.69 Å². The second-order valence-electron chi connectivity index (χ2n) is 9.82. The van der Waals surface area contributed by atoms with Gasteiger partial charge in [0.15, 0.2) is 0 Å². The molecule has 0 radical (unpaired) electrons. The molecule has 1 N–H and O–H groups in total. The molecule has 4 aliphatic rings. The lowest BCUT2D eigenvalue weighted by atomic mass is 9.48. The molecule has 170 valence electrons. The van der Waals surface area contributed by atoms with Crippen LogP contribution in [0.3, 0.4) is 0 Å². The fraction of sp³-hybridized carbons (Fsp3) is 0.500. The van der Waals surface area contributed by atoms with Crippen LogP contribution in [-0.4, -0.2) is 33.3 Å². The summed E-state index contributed by atoms with van der Waals surface area (Å²) in [6, 6.07) is 11.2. The summed E-state index contributed by atoms with van der Waals surface area (Å²) in [6.45, 7) is -0.342. The van der Waals surface area contributed by atoms with Gasteiger partial charge >= 0.3 is 0 Å². The number of rotatable bonds is 7. The summed E-state index contributed by atoms with van der Waals surface area (Å²) >= 11 is 0. The molecule has 4 aliphatic carbocycles. The molecule has 8 heteroatoms. The summed E-state index contributed by atoms with van der Waals surface area (Å²) in [5.41, 5.74) is 4.42. The van der Waals surface area contributed by atoms with E-state index in [0.717, 1.165) is 28.3 Å². The minimum atomic E-state index is -3.64. The molecule has 0 saturated heterocycles. The number of nitrogens with one attached hydrogen (secondary N) is 1. The first-order chi connectivity index (χ1) is 15.3. The van der Waals surface area contributed by atoms with Crippen LogP contribution in [0.5, 0.6) is 0 Å². The van der Waals surface area contributed by atoms with E-state index in [9.17, 15) is 13.2 Å².